The van der Waals surface area contributed by atoms with Crippen molar-refractivity contribution in [3.8, 4) is 11.5 Å². The van der Waals surface area contributed by atoms with Crippen molar-refractivity contribution in [3.05, 3.63) is 40.8 Å². The Kier molecular flexibility index (Phi) is 2.07. The Balaban J connectivity index is 2.15. The van der Waals surface area contributed by atoms with Crippen molar-refractivity contribution in [2.24, 2.45) is 0 Å². The summed E-state index contributed by atoms with van der Waals surface area (Å²) in [7, 11) is 0. The summed E-state index contributed by atoms with van der Waals surface area (Å²) < 4.78 is 8.25. The maximum absolute atomic E-state index is 5.59. The number of hydrogen-bond donors (Lipinski definition) is 0. The molecule has 0 N–H and O–H groups in total. The van der Waals surface area contributed by atoms with Gasteiger partial charge in [0.15, 0.2) is 5.65 Å². The van der Waals surface area contributed by atoms with Gasteiger partial charge in [-0.3, -0.25) is 0 Å². The third-order valence-corrected chi connectivity index (χ3v) is 2.88. The zero-order valence-corrected chi connectivity index (χ0v) is 10.1. The van der Waals surface area contributed by atoms with Gasteiger partial charge in [0.05, 0.1) is 6.20 Å². The molecular weight excluding hydrogens is 270 g/mol. The molecule has 0 aliphatic heterocycles. The van der Waals surface area contributed by atoms with E-state index in [0.29, 0.717) is 5.89 Å². The molecule has 0 unspecified atom stereocenters. The largest absolute Gasteiger partial charge is 0.351 e. The van der Waals surface area contributed by atoms with Crippen LogP contribution in [0.3, 0.4) is 0 Å². The number of benzene rings is 1. The molecule has 0 radical (unpaired) electrons. The molecule has 2 aromatic heterocycles. The van der Waals surface area contributed by atoms with Crippen LogP contribution in [0.2, 0.25) is 0 Å². The first-order valence-corrected chi connectivity index (χ1v) is 5.60. The van der Waals surface area contributed by atoms with Gasteiger partial charge in [-0.25, -0.2) is 4.98 Å². The molecule has 0 saturated carbocycles. The Morgan fingerprint density at radius 3 is 2.69 bits per heavy atom. The zero-order valence-electron chi connectivity index (χ0n) is 8.51. The Labute approximate surface area is 100 Å². The van der Waals surface area contributed by atoms with Crippen LogP contribution in [0, 0.1) is 6.92 Å². The van der Waals surface area contributed by atoms with Crippen molar-refractivity contribution in [2.45, 2.75) is 6.92 Å². The lowest BCUT2D eigenvalue weighted by atomic mass is 10.2. The molecule has 0 spiro atoms. The van der Waals surface area contributed by atoms with E-state index >= 15 is 0 Å². The highest BCUT2D eigenvalue weighted by atomic mass is 79.9. The van der Waals surface area contributed by atoms with Gasteiger partial charge in [0, 0.05) is 10.0 Å². The van der Waals surface area contributed by atoms with Crippen LogP contribution in [-0.2, 0) is 0 Å². The third kappa shape index (κ3) is 1.44. The predicted octanol–water partition coefficient (Wildman–Crippen LogP) is 3.06. The predicted molar refractivity (Wildman–Crippen MR) is 63.1 cm³/mol. The minimum Gasteiger partial charge on any atom is -0.351 e. The van der Waals surface area contributed by atoms with Crippen LogP contribution in [0.1, 0.15) is 5.82 Å². The lowest BCUT2D eigenvalue weighted by Gasteiger charge is -1.94. The molecule has 0 aliphatic carbocycles. The van der Waals surface area contributed by atoms with Gasteiger partial charge < -0.3 is 4.52 Å². The molecule has 0 bridgehead atoms. The average Bonchev–Trinajstić information content (AvgIpc) is 2.83. The van der Waals surface area contributed by atoms with Crippen molar-refractivity contribution >= 4 is 21.6 Å². The minimum atomic E-state index is 0.605. The highest BCUT2D eigenvalue weighted by molar-refractivity contribution is 9.10. The van der Waals surface area contributed by atoms with Crippen LogP contribution in [0.5, 0.6) is 0 Å². The number of halogens is 1. The van der Waals surface area contributed by atoms with E-state index in [1.807, 2.05) is 31.2 Å². The van der Waals surface area contributed by atoms with Crippen molar-refractivity contribution < 1.29 is 4.52 Å². The smallest absolute Gasteiger partial charge is 0.256 e. The first-order chi connectivity index (χ1) is 7.74. The van der Waals surface area contributed by atoms with Gasteiger partial charge >= 0.3 is 0 Å². The van der Waals surface area contributed by atoms with E-state index in [2.05, 4.69) is 25.9 Å². The Morgan fingerprint density at radius 1 is 1.25 bits per heavy atom. The number of nitrogens with zero attached hydrogens (tertiary/aromatic N) is 3. The zero-order chi connectivity index (χ0) is 11.1. The molecule has 0 fully saturated rings. The van der Waals surface area contributed by atoms with Crippen LogP contribution >= 0.6 is 15.9 Å². The Morgan fingerprint density at radius 2 is 2.00 bits per heavy atom. The molecule has 0 atom stereocenters. The first-order valence-electron chi connectivity index (χ1n) is 4.81. The molecular formula is C11H8BrN3O. The number of fused-ring (bicyclic) bond motifs is 1. The van der Waals surface area contributed by atoms with Gasteiger partial charge in [-0.05, 0) is 31.2 Å². The number of aromatic nitrogens is 3. The monoisotopic (exact) mass is 277 g/mol. The maximum Gasteiger partial charge on any atom is 0.256 e. The van der Waals surface area contributed by atoms with Crippen molar-refractivity contribution in [1.29, 1.82) is 0 Å². The summed E-state index contributed by atoms with van der Waals surface area (Å²) in [6.07, 6.45) is 1.70. The van der Waals surface area contributed by atoms with Gasteiger partial charge in [0.1, 0.15) is 5.82 Å². The summed E-state index contributed by atoms with van der Waals surface area (Å²) in [5.74, 6) is 1.40. The number of rotatable bonds is 1. The normalized spacial score (nSPS) is 11.1. The lowest BCUT2D eigenvalue weighted by molar-refractivity contribution is 0.376. The fourth-order valence-corrected chi connectivity index (χ4v) is 1.79. The summed E-state index contributed by atoms with van der Waals surface area (Å²) in [4.78, 5) is 8.46. The van der Waals surface area contributed by atoms with E-state index in [-0.39, 0.29) is 0 Å². The summed E-state index contributed by atoms with van der Waals surface area (Å²) in [6, 6.07) is 7.83. The molecule has 80 valence electrons. The van der Waals surface area contributed by atoms with Crippen LogP contribution in [0.25, 0.3) is 17.1 Å². The fraction of sp³-hybridized carbons (Fsp3) is 0.0909. The molecule has 0 saturated heterocycles. The molecule has 3 aromatic rings. The second kappa shape index (κ2) is 3.45. The number of imidazole rings is 1. The molecule has 16 heavy (non-hydrogen) atoms. The van der Waals surface area contributed by atoms with Crippen LogP contribution < -0.4 is 0 Å². The third-order valence-electron chi connectivity index (χ3n) is 2.35. The minimum absolute atomic E-state index is 0.605. The van der Waals surface area contributed by atoms with E-state index in [1.165, 1.54) is 0 Å². The molecule has 5 heteroatoms. The second-order valence-electron chi connectivity index (χ2n) is 3.47. The van der Waals surface area contributed by atoms with E-state index < -0.39 is 0 Å². The molecule has 4 nitrogen and oxygen atoms in total. The van der Waals surface area contributed by atoms with Gasteiger partial charge in [0.25, 0.3) is 5.89 Å². The van der Waals surface area contributed by atoms with Gasteiger partial charge in [-0.1, -0.05) is 15.9 Å². The van der Waals surface area contributed by atoms with Gasteiger partial charge in [-0.15, -0.1) is 4.57 Å². The van der Waals surface area contributed by atoms with Crippen molar-refractivity contribution in [3.63, 3.8) is 0 Å². The standard InChI is InChI=1S/C11H8BrN3O/c1-7-13-6-10-14-11(16-15(7)10)8-2-4-9(12)5-3-8/h2-6H,1H3. The lowest BCUT2D eigenvalue weighted by Crippen LogP contribution is -1.81. The summed E-state index contributed by atoms with van der Waals surface area (Å²) >= 11 is 3.39. The topological polar surface area (TPSA) is 43.3 Å². The second-order valence-corrected chi connectivity index (χ2v) is 4.39. The highest BCUT2D eigenvalue weighted by Crippen LogP contribution is 2.21. The van der Waals surface area contributed by atoms with Crippen molar-refractivity contribution in [2.75, 3.05) is 0 Å². The van der Waals surface area contributed by atoms with E-state index in [9.17, 15) is 0 Å². The summed E-state index contributed by atoms with van der Waals surface area (Å²) in [5.41, 5.74) is 1.68. The van der Waals surface area contributed by atoms with Crippen molar-refractivity contribution in [1.82, 2.24) is 14.5 Å². The Hall–Kier alpha value is -1.62. The Bertz CT molecular complexity index is 639. The number of aryl methyl sites for hydroxylation is 1. The molecule has 0 aliphatic rings. The molecule has 1 aromatic carbocycles. The number of hydrogen-bond acceptors (Lipinski definition) is 3. The summed E-state index contributed by atoms with van der Waals surface area (Å²) in [5, 5.41) is 0. The van der Waals surface area contributed by atoms with E-state index in [0.717, 1.165) is 21.5 Å². The maximum atomic E-state index is 5.59. The van der Waals surface area contributed by atoms with Gasteiger partial charge in [0.2, 0.25) is 0 Å². The highest BCUT2D eigenvalue weighted by Gasteiger charge is 2.10. The van der Waals surface area contributed by atoms with Crippen LogP contribution in [0.15, 0.2) is 39.5 Å². The quantitative estimate of drug-likeness (QED) is 0.687. The fourth-order valence-electron chi connectivity index (χ4n) is 1.53. The summed E-state index contributed by atoms with van der Waals surface area (Å²) in [6.45, 7) is 1.88. The van der Waals surface area contributed by atoms with Crippen LogP contribution in [-0.4, -0.2) is 14.5 Å². The molecule has 3 rings (SSSR count). The first kappa shape index (κ1) is 9.59. The molecule has 0 amide bonds. The van der Waals surface area contributed by atoms with Crippen LogP contribution in [0.4, 0.5) is 0 Å². The SMILES string of the molecule is Cc1ncc2nc(-c3ccc(Br)cc3)on12. The van der Waals surface area contributed by atoms with E-state index in [4.69, 9.17) is 4.52 Å². The average molecular weight is 278 g/mol. The van der Waals surface area contributed by atoms with E-state index in [1.54, 1.807) is 10.8 Å². The molecule has 2 heterocycles. The van der Waals surface area contributed by atoms with Gasteiger partial charge in [-0.2, -0.15) is 4.98 Å².